The number of hydrogen-bond acceptors (Lipinski definition) is 0. The Morgan fingerprint density at radius 3 is 3.00 bits per heavy atom. The first-order valence-electron chi connectivity index (χ1n) is 3.21. The monoisotopic (exact) mass is 280 g/mol. The molecule has 0 nitrogen and oxygen atoms in total. The van der Waals surface area contributed by atoms with Gasteiger partial charge in [-0.1, -0.05) is 0 Å². The van der Waals surface area contributed by atoms with Gasteiger partial charge in [0.15, 0.2) is 0 Å². The number of unbranched alkanes of at least 4 members (excludes halogenated alkanes) is 1. The standard InChI is InChI=1S/C6H12B.W/c1-3-4-5-6(2)7;/h3,6-7H,2,4-5H2,1H3;/q-2;+2/i7D;. The van der Waals surface area contributed by atoms with Gasteiger partial charge in [0.25, 0.3) is 0 Å². The molecule has 0 aromatic heterocycles. The second-order valence-corrected chi connectivity index (χ2v) is 1.75. The van der Waals surface area contributed by atoms with Crippen molar-refractivity contribution in [2.45, 2.75) is 25.6 Å². The van der Waals surface area contributed by atoms with E-state index in [2.05, 4.69) is 13.3 Å². The first kappa shape index (κ1) is 8.75. The molecule has 0 amide bonds. The normalized spacial score (nSPS) is 13.5. The van der Waals surface area contributed by atoms with Crippen molar-refractivity contribution in [3.05, 3.63) is 13.3 Å². The third kappa shape index (κ3) is 9.89. The maximum absolute atomic E-state index is 6.79. The molecule has 0 bridgehead atoms. The van der Waals surface area contributed by atoms with Crippen molar-refractivity contribution in [3.8, 4) is 0 Å². The fourth-order valence-corrected chi connectivity index (χ4v) is 0.381. The molecule has 0 aliphatic rings. The van der Waals surface area contributed by atoms with Gasteiger partial charge < -0.3 is 13.3 Å². The van der Waals surface area contributed by atoms with Crippen LogP contribution >= 0.6 is 0 Å². The van der Waals surface area contributed by atoms with E-state index in [1.165, 1.54) is 7.81 Å². The fourth-order valence-electron chi connectivity index (χ4n) is 0.381. The zero-order valence-corrected chi connectivity index (χ0v) is 8.20. The van der Waals surface area contributed by atoms with Gasteiger partial charge in [-0.05, 0) is 1.34 Å². The Labute approximate surface area is 69.5 Å². The number of hydrogen-bond donors (Lipinski definition) is 0. The third-order valence-corrected chi connectivity index (χ3v) is 0.826. The quantitative estimate of drug-likeness (QED) is 0.541. The SMILES string of the molecule is [2H][B]C([CH2-])CC[CH-]C.[W+2]. The summed E-state index contributed by atoms with van der Waals surface area (Å²) in [5.41, 5.74) is 0. The molecule has 0 aromatic rings. The second-order valence-electron chi connectivity index (χ2n) is 1.75. The second kappa shape index (κ2) is 7.75. The minimum absolute atomic E-state index is 0. The predicted octanol–water partition coefficient (Wildman–Crippen LogP) is 1.51. The van der Waals surface area contributed by atoms with Gasteiger partial charge in [-0.2, -0.15) is 13.3 Å². The van der Waals surface area contributed by atoms with E-state index in [1.807, 2.05) is 6.92 Å². The third-order valence-electron chi connectivity index (χ3n) is 0.826. The molecule has 0 aromatic carbocycles. The molecule has 2 heteroatoms. The van der Waals surface area contributed by atoms with E-state index in [0.29, 0.717) is 0 Å². The van der Waals surface area contributed by atoms with Crippen LogP contribution in [0.3, 0.4) is 0 Å². The fraction of sp³-hybridized carbons (Fsp3) is 0.667. The van der Waals surface area contributed by atoms with E-state index in [4.69, 9.17) is 1.34 Å². The van der Waals surface area contributed by atoms with Crippen molar-refractivity contribution in [2.24, 2.45) is 0 Å². The zero-order chi connectivity index (χ0) is 6.41. The van der Waals surface area contributed by atoms with E-state index < -0.39 is 0 Å². The predicted molar refractivity (Wildman–Crippen MR) is 35.5 cm³/mol. The molecule has 1 unspecified atom stereocenters. The molecule has 0 N–H and O–H groups in total. The summed E-state index contributed by atoms with van der Waals surface area (Å²) in [6.45, 7) is 5.76. The molecule has 0 saturated heterocycles. The average Bonchev–Trinajstić information content (AvgIpc) is 1.83. The van der Waals surface area contributed by atoms with Crippen LogP contribution in [0.5, 0.6) is 0 Å². The van der Waals surface area contributed by atoms with Gasteiger partial charge in [0.05, 0.1) is 7.81 Å². The first-order chi connectivity index (χ1) is 3.81. The van der Waals surface area contributed by atoms with Crippen LogP contribution in [0.25, 0.3) is 0 Å². The van der Waals surface area contributed by atoms with Crippen LogP contribution in [0.4, 0.5) is 0 Å². The van der Waals surface area contributed by atoms with Crippen LogP contribution in [-0.4, -0.2) is 9.15 Å². The number of rotatable bonds is 4. The minimum Gasteiger partial charge on any atom is -0.348 e. The van der Waals surface area contributed by atoms with Crippen molar-refractivity contribution in [3.63, 3.8) is 0 Å². The Morgan fingerprint density at radius 2 is 2.62 bits per heavy atom. The molecule has 0 rings (SSSR count). The van der Waals surface area contributed by atoms with Gasteiger partial charge in [0, 0.05) is 0 Å². The Bertz CT molecular complexity index is 52.3. The summed E-state index contributed by atoms with van der Waals surface area (Å²) in [7, 11) is 1.39. The summed E-state index contributed by atoms with van der Waals surface area (Å²) in [6.07, 6.45) is 4.19. The summed E-state index contributed by atoms with van der Waals surface area (Å²) in [5, 5.41) is 0. The van der Waals surface area contributed by atoms with E-state index in [9.17, 15) is 0 Å². The van der Waals surface area contributed by atoms with E-state index in [0.717, 1.165) is 12.8 Å². The molecule has 8 heavy (non-hydrogen) atoms. The van der Waals surface area contributed by atoms with Gasteiger partial charge in [0.1, 0.15) is 0 Å². The van der Waals surface area contributed by atoms with Gasteiger partial charge in [-0.3, -0.25) is 0 Å². The molecule has 1 atom stereocenters. The molecule has 0 heterocycles. The topological polar surface area (TPSA) is 0 Å². The summed E-state index contributed by atoms with van der Waals surface area (Å²) >= 11 is 0. The maximum atomic E-state index is 6.79. The molecular weight excluding hydrogens is 267 g/mol. The summed E-state index contributed by atoms with van der Waals surface area (Å²) in [4.78, 5) is 0. The van der Waals surface area contributed by atoms with Crippen LogP contribution < -0.4 is 0 Å². The molecule has 0 aliphatic heterocycles. The van der Waals surface area contributed by atoms with Crippen LogP contribution in [0.1, 0.15) is 19.8 Å². The first-order valence-corrected chi connectivity index (χ1v) is 2.64. The van der Waals surface area contributed by atoms with Crippen LogP contribution in [0, 0.1) is 13.3 Å². The van der Waals surface area contributed by atoms with Crippen molar-refractivity contribution < 1.29 is 21.1 Å². The van der Waals surface area contributed by atoms with E-state index in [-0.39, 0.29) is 26.9 Å². The summed E-state index contributed by atoms with van der Waals surface area (Å²) in [6, 6.07) is 0. The average molecular weight is 280 g/mol. The maximum Gasteiger partial charge on any atom is 2.00 e. The van der Waals surface area contributed by atoms with Gasteiger partial charge in [0.2, 0.25) is 0 Å². The van der Waals surface area contributed by atoms with Crippen molar-refractivity contribution in [1.29, 1.82) is 1.34 Å². The van der Waals surface area contributed by atoms with Crippen molar-refractivity contribution >= 4 is 7.81 Å². The molecule has 45 valence electrons. The smallest absolute Gasteiger partial charge is 0.348 e. The van der Waals surface area contributed by atoms with Gasteiger partial charge in [-0.15, -0.1) is 6.42 Å². The van der Waals surface area contributed by atoms with E-state index in [1.54, 1.807) is 0 Å². The van der Waals surface area contributed by atoms with Crippen LogP contribution in [-0.2, 0) is 21.1 Å². The zero-order valence-electron chi connectivity index (χ0n) is 6.26. The van der Waals surface area contributed by atoms with E-state index >= 15 is 0 Å². The van der Waals surface area contributed by atoms with Crippen LogP contribution in [0.15, 0.2) is 0 Å². The summed E-state index contributed by atoms with van der Waals surface area (Å²) < 4.78 is 6.79. The van der Waals surface area contributed by atoms with Gasteiger partial charge in [-0.25, -0.2) is 5.82 Å². The van der Waals surface area contributed by atoms with Crippen LogP contribution in [0.2, 0.25) is 5.82 Å². The Morgan fingerprint density at radius 1 is 2.00 bits per heavy atom. The molecule has 0 fully saturated rings. The Balaban J connectivity index is 0. The summed E-state index contributed by atoms with van der Waals surface area (Å²) in [5.74, 6) is 0.214. The molecular formula is C6H12BW. The molecule has 0 aliphatic carbocycles. The Hall–Kier alpha value is 0.753. The van der Waals surface area contributed by atoms with Crippen molar-refractivity contribution in [1.82, 2.24) is 0 Å². The van der Waals surface area contributed by atoms with Crippen molar-refractivity contribution in [2.75, 3.05) is 0 Å². The Kier molecular flexibility index (Phi) is 8.48. The minimum atomic E-state index is 0. The van der Waals surface area contributed by atoms with Gasteiger partial charge >= 0.3 is 21.1 Å². The molecule has 0 saturated carbocycles. The largest absolute Gasteiger partial charge is 2.00 e. The molecule has 0 spiro atoms. The molecule has 1 radical (unpaired) electrons.